The summed E-state index contributed by atoms with van der Waals surface area (Å²) in [5, 5.41) is 8.65. The molecule has 1 aliphatic rings. The monoisotopic (exact) mass is 282 g/mol. The predicted molar refractivity (Wildman–Crippen MR) is 64.9 cm³/mol. The molecule has 0 amide bonds. The lowest BCUT2D eigenvalue weighted by atomic mass is 9.96. The van der Waals surface area contributed by atoms with Gasteiger partial charge in [0.05, 0.1) is 0 Å². The van der Waals surface area contributed by atoms with Crippen LogP contribution < -0.4 is 0 Å². The zero-order valence-corrected chi connectivity index (χ0v) is 11.3. The van der Waals surface area contributed by atoms with Gasteiger partial charge in [-0.15, -0.1) is 0 Å². The number of rotatable bonds is 5. The van der Waals surface area contributed by atoms with Crippen molar-refractivity contribution in [3.05, 3.63) is 0 Å². The topological polar surface area (TPSA) is 43.8 Å². The van der Waals surface area contributed by atoms with Gasteiger partial charge in [0, 0.05) is 13.1 Å². The zero-order chi connectivity index (χ0) is 14.6. The summed E-state index contributed by atoms with van der Waals surface area (Å²) in [5.74, 6) is -3.75. The first-order chi connectivity index (χ1) is 8.70. The maximum absolute atomic E-state index is 12.5. The lowest BCUT2D eigenvalue weighted by Gasteiger charge is -2.32. The van der Waals surface area contributed by atoms with E-state index in [1.54, 1.807) is 7.05 Å². The Bertz CT molecular complexity index is 302. The number of hydrogen-bond acceptors (Lipinski definition) is 3. The molecule has 0 saturated carbocycles. The van der Waals surface area contributed by atoms with Gasteiger partial charge in [-0.1, -0.05) is 0 Å². The molecule has 0 aromatic heterocycles. The van der Waals surface area contributed by atoms with Crippen molar-refractivity contribution < 1.29 is 23.1 Å². The Balaban J connectivity index is 2.45. The Morgan fingerprint density at radius 2 is 1.95 bits per heavy atom. The second-order valence-electron chi connectivity index (χ2n) is 5.40. The van der Waals surface area contributed by atoms with Gasteiger partial charge in [-0.05, 0) is 45.9 Å². The number of likely N-dealkylation sites (tertiary alicyclic amines) is 1. The van der Waals surface area contributed by atoms with Crippen LogP contribution in [0.3, 0.4) is 0 Å². The number of alkyl halides is 3. The molecule has 0 spiro atoms. The van der Waals surface area contributed by atoms with Crippen LogP contribution in [0.25, 0.3) is 0 Å². The molecule has 7 heteroatoms. The fourth-order valence-electron chi connectivity index (χ4n) is 2.39. The van der Waals surface area contributed by atoms with Gasteiger partial charge >= 0.3 is 12.1 Å². The van der Waals surface area contributed by atoms with Crippen molar-refractivity contribution in [1.82, 2.24) is 9.80 Å². The van der Waals surface area contributed by atoms with Crippen molar-refractivity contribution in [3.63, 3.8) is 0 Å². The van der Waals surface area contributed by atoms with Crippen LogP contribution in [0, 0.1) is 11.8 Å². The molecule has 1 unspecified atom stereocenters. The third-order valence-corrected chi connectivity index (χ3v) is 3.60. The van der Waals surface area contributed by atoms with E-state index < -0.39 is 24.6 Å². The standard InChI is InChI=1S/C12H21F3N2O2/c1-16-5-3-9(4-6-16)7-17(2)8-10(11(18)19)12(13,14)15/h9-10H,3-8H2,1-2H3,(H,18,19). The average Bonchev–Trinajstić information content (AvgIpc) is 2.27. The first-order valence-electron chi connectivity index (χ1n) is 6.36. The molecule has 0 aromatic carbocycles. The van der Waals surface area contributed by atoms with E-state index in [2.05, 4.69) is 4.90 Å². The number of carboxylic acids is 1. The van der Waals surface area contributed by atoms with Gasteiger partial charge in [0.1, 0.15) is 0 Å². The highest BCUT2D eigenvalue weighted by Crippen LogP contribution is 2.27. The summed E-state index contributed by atoms with van der Waals surface area (Å²) in [6, 6.07) is 0. The van der Waals surface area contributed by atoms with Crippen molar-refractivity contribution in [2.75, 3.05) is 40.3 Å². The maximum atomic E-state index is 12.5. The molecule has 0 aliphatic carbocycles. The molecule has 1 atom stereocenters. The van der Waals surface area contributed by atoms with Crippen molar-refractivity contribution in [2.24, 2.45) is 11.8 Å². The van der Waals surface area contributed by atoms with E-state index in [1.807, 2.05) is 7.05 Å². The fraction of sp³-hybridized carbons (Fsp3) is 0.917. The molecular formula is C12H21F3N2O2. The summed E-state index contributed by atoms with van der Waals surface area (Å²) < 4.78 is 37.6. The molecule has 0 radical (unpaired) electrons. The number of nitrogens with zero attached hydrogens (tertiary/aromatic N) is 2. The minimum atomic E-state index is -4.69. The summed E-state index contributed by atoms with van der Waals surface area (Å²) in [6.45, 7) is 1.93. The van der Waals surface area contributed by atoms with E-state index in [-0.39, 0.29) is 0 Å². The molecule has 1 heterocycles. The Morgan fingerprint density at radius 3 is 2.37 bits per heavy atom. The van der Waals surface area contributed by atoms with Crippen molar-refractivity contribution in [1.29, 1.82) is 0 Å². The molecular weight excluding hydrogens is 261 g/mol. The summed E-state index contributed by atoms with van der Waals surface area (Å²) >= 11 is 0. The molecule has 1 rings (SSSR count). The van der Waals surface area contributed by atoms with Gasteiger partial charge in [0.2, 0.25) is 0 Å². The molecule has 19 heavy (non-hydrogen) atoms. The Hall–Kier alpha value is -0.820. The SMILES string of the molecule is CN1CCC(CN(C)CC(C(=O)O)C(F)(F)F)CC1. The van der Waals surface area contributed by atoms with Crippen LogP contribution in [0.5, 0.6) is 0 Å². The molecule has 0 aromatic rings. The van der Waals surface area contributed by atoms with E-state index in [0.29, 0.717) is 12.5 Å². The molecule has 1 saturated heterocycles. The van der Waals surface area contributed by atoms with E-state index in [9.17, 15) is 18.0 Å². The van der Waals surface area contributed by atoms with Crippen molar-refractivity contribution >= 4 is 5.97 Å². The van der Waals surface area contributed by atoms with Gasteiger partial charge < -0.3 is 14.9 Å². The maximum Gasteiger partial charge on any atom is 0.403 e. The van der Waals surface area contributed by atoms with E-state index in [4.69, 9.17) is 5.11 Å². The summed E-state index contributed by atoms with van der Waals surface area (Å²) in [7, 11) is 3.57. The second-order valence-corrected chi connectivity index (χ2v) is 5.40. The quantitative estimate of drug-likeness (QED) is 0.830. The Kier molecular flexibility index (Phi) is 5.61. The number of hydrogen-bond donors (Lipinski definition) is 1. The predicted octanol–water partition coefficient (Wildman–Crippen LogP) is 1.52. The van der Waals surface area contributed by atoms with E-state index in [0.717, 1.165) is 25.9 Å². The van der Waals surface area contributed by atoms with Gasteiger partial charge in [-0.25, -0.2) is 0 Å². The van der Waals surface area contributed by atoms with Crippen molar-refractivity contribution in [2.45, 2.75) is 19.0 Å². The molecule has 0 bridgehead atoms. The third kappa shape index (κ3) is 5.36. The fourth-order valence-corrected chi connectivity index (χ4v) is 2.39. The lowest BCUT2D eigenvalue weighted by molar-refractivity contribution is -0.196. The Labute approximate surface area is 111 Å². The number of aliphatic carboxylic acids is 1. The van der Waals surface area contributed by atoms with Crippen LogP contribution in [0.1, 0.15) is 12.8 Å². The van der Waals surface area contributed by atoms with Gasteiger partial charge in [-0.3, -0.25) is 4.79 Å². The van der Waals surface area contributed by atoms with E-state index in [1.165, 1.54) is 4.90 Å². The normalized spacial score (nSPS) is 20.7. The van der Waals surface area contributed by atoms with Crippen LogP contribution in [0.4, 0.5) is 13.2 Å². The largest absolute Gasteiger partial charge is 0.481 e. The molecule has 4 nitrogen and oxygen atoms in total. The van der Waals surface area contributed by atoms with E-state index >= 15 is 0 Å². The number of piperidine rings is 1. The van der Waals surface area contributed by atoms with Gasteiger partial charge in [0.25, 0.3) is 0 Å². The average molecular weight is 282 g/mol. The number of carboxylic acid groups (broad SMARTS) is 1. The van der Waals surface area contributed by atoms with Crippen LogP contribution in [0.2, 0.25) is 0 Å². The van der Waals surface area contributed by atoms with Crippen LogP contribution in [-0.4, -0.2) is 67.3 Å². The molecule has 1 fully saturated rings. The minimum absolute atomic E-state index is 0.351. The number of halogens is 3. The highest BCUT2D eigenvalue weighted by atomic mass is 19.4. The highest BCUT2D eigenvalue weighted by Gasteiger charge is 2.45. The lowest BCUT2D eigenvalue weighted by Crippen LogP contribution is -2.42. The summed E-state index contributed by atoms with van der Waals surface area (Å²) in [4.78, 5) is 14.3. The first-order valence-corrected chi connectivity index (χ1v) is 6.36. The first kappa shape index (κ1) is 16.2. The van der Waals surface area contributed by atoms with Crippen LogP contribution in [-0.2, 0) is 4.79 Å². The van der Waals surface area contributed by atoms with Gasteiger partial charge in [0.15, 0.2) is 5.92 Å². The molecule has 1 N–H and O–H groups in total. The summed E-state index contributed by atoms with van der Waals surface area (Å²) in [6.07, 6.45) is -2.79. The van der Waals surface area contributed by atoms with Gasteiger partial charge in [-0.2, -0.15) is 13.2 Å². The minimum Gasteiger partial charge on any atom is -0.481 e. The molecule has 1 aliphatic heterocycles. The number of carbonyl (C=O) groups is 1. The Morgan fingerprint density at radius 1 is 1.42 bits per heavy atom. The summed E-state index contributed by atoms with van der Waals surface area (Å²) in [5.41, 5.74) is 0. The highest BCUT2D eigenvalue weighted by molar-refractivity contribution is 5.71. The smallest absolute Gasteiger partial charge is 0.403 e. The van der Waals surface area contributed by atoms with Crippen LogP contribution >= 0.6 is 0 Å². The second kappa shape index (κ2) is 6.56. The molecule has 112 valence electrons. The van der Waals surface area contributed by atoms with Crippen molar-refractivity contribution in [3.8, 4) is 0 Å². The third-order valence-electron chi connectivity index (χ3n) is 3.60. The zero-order valence-electron chi connectivity index (χ0n) is 11.3. The van der Waals surface area contributed by atoms with Crippen LogP contribution in [0.15, 0.2) is 0 Å².